The van der Waals surface area contributed by atoms with Crippen molar-refractivity contribution in [3.05, 3.63) is 65.7 Å². The van der Waals surface area contributed by atoms with Crippen LogP contribution in [0.15, 0.2) is 54.6 Å². The van der Waals surface area contributed by atoms with Crippen molar-refractivity contribution in [2.75, 3.05) is 13.7 Å². The quantitative estimate of drug-likeness (QED) is 0.481. The van der Waals surface area contributed by atoms with Crippen LogP contribution in [0, 0.1) is 0 Å². The second-order valence-electron chi connectivity index (χ2n) is 7.52. The molecule has 1 amide bonds. The minimum Gasteiger partial charge on any atom is -0.493 e. The van der Waals surface area contributed by atoms with Gasteiger partial charge in [-0.3, -0.25) is 4.79 Å². The summed E-state index contributed by atoms with van der Waals surface area (Å²) in [7, 11) is 1.58. The summed E-state index contributed by atoms with van der Waals surface area (Å²) in [5.41, 5.74) is 0.938. The van der Waals surface area contributed by atoms with E-state index in [0.29, 0.717) is 37.6 Å². The summed E-state index contributed by atoms with van der Waals surface area (Å²) in [4.78, 5) is 24.9. The fourth-order valence-corrected chi connectivity index (χ4v) is 3.72. The average molecular weight is 424 g/mol. The van der Waals surface area contributed by atoms with Crippen LogP contribution in [0.4, 0.5) is 0 Å². The lowest BCUT2D eigenvalue weighted by atomic mass is 9.97. The van der Waals surface area contributed by atoms with Gasteiger partial charge >= 0.3 is 5.97 Å². The molecule has 0 spiro atoms. The Balaban J connectivity index is 1.64. The van der Waals surface area contributed by atoms with E-state index in [1.54, 1.807) is 26.2 Å². The highest BCUT2D eigenvalue weighted by Crippen LogP contribution is 2.31. The zero-order chi connectivity index (χ0) is 22.1. The molecule has 0 radical (unpaired) electrons. The van der Waals surface area contributed by atoms with Crippen molar-refractivity contribution in [3.63, 3.8) is 0 Å². The summed E-state index contributed by atoms with van der Waals surface area (Å²) in [6, 6.07) is 15.4. The van der Waals surface area contributed by atoms with E-state index in [1.165, 1.54) is 6.08 Å². The predicted octanol–water partition coefficient (Wildman–Crippen LogP) is 4.28. The molecule has 1 N–H and O–H groups in total. The van der Waals surface area contributed by atoms with Gasteiger partial charge in [-0.15, -0.1) is 0 Å². The molecule has 0 aromatic heterocycles. The first-order chi connectivity index (χ1) is 15.1. The Bertz CT molecular complexity index is 917. The van der Waals surface area contributed by atoms with E-state index in [9.17, 15) is 9.59 Å². The Morgan fingerprint density at radius 2 is 1.81 bits per heavy atom. The molecule has 1 aliphatic rings. The van der Waals surface area contributed by atoms with Gasteiger partial charge in [0, 0.05) is 6.08 Å². The molecule has 1 fully saturated rings. The first kappa shape index (κ1) is 22.4. The van der Waals surface area contributed by atoms with E-state index in [0.717, 1.165) is 24.0 Å². The van der Waals surface area contributed by atoms with E-state index in [4.69, 9.17) is 14.2 Å². The van der Waals surface area contributed by atoms with Crippen LogP contribution >= 0.6 is 0 Å². The third-order valence-corrected chi connectivity index (χ3v) is 5.34. The Morgan fingerprint density at radius 3 is 2.48 bits per heavy atom. The highest BCUT2D eigenvalue weighted by Gasteiger charge is 2.43. The molecule has 1 aliphatic carbocycles. The number of benzene rings is 2. The second-order valence-corrected chi connectivity index (χ2v) is 7.52. The van der Waals surface area contributed by atoms with Gasteiger partial charge < -0.3 is 19.5 Å². The van der Waals surface area contributed by atoms with Gasteiger partial charge in [-0.25, -0.2) is 4.79 Å². The molecule has 0 bridgehead atoms. The monoisotopic (exact) mass is 423 g/mol. The van der Waals surface area contributed by atoms with Crippen molar-refractivity contribution in [2.24, 2.45) is 0 Å². The van der Waals surface area contributed by atoms with E-state index in [2.05, 4.69) is 5.32 Å². The maximum absolute atomic E-state index is 12.5. The topological polar surface area (TPSA) is 73.9 Å². The van der Waals surface area contributed by atoms with Crippen LogP contribution in [-0.4, -0.2) is 31.1 Å². The first-order valence-corrected chi connectivity index (χ1v) is 10.6. The van der Waals surface area contributed by atoms with E-state index in [1.807, 2.05) is 42.5 Å². The number of hydrogen-bond acceptors (Lipinski definition) is 5. The maximum atomic E-state index is 12.5. The molecule has 0 unspecified atom stereocenters. The van der Waals surface area contributed by atoms with Gasteiger partial charge in [0.1, 0.15) is 12.1 Å². The largest absolute Gasteiger partial charge is 0.493 e. The second kappa shape index (κ2) is 10.7. The van der Waals surface area contributed by atoms with Crippen molar-refractivity contribution in [3.8, 4) is 11.5 Å². The first-order valence-electron chi connectivity index (χ1n) is 10.6. The number of methoxy groups -OCH3 is 1. The van der Waals surface area contributed by atoms with Gasteiger partial charge in [-0.1, -0.05) is 49.2 Å². The standard InChI is InChI=1S/C25H29NO5/c1-3-30-24(28)25(15-7-8-16-25)26-23(27)14-12-19-11-13-21(22(17-19)29-2)31-18-20-9-5-4-6-10-20/h4-6,9-14,17H,3,7-8,15-16,18H2,1-2H3,(H,26,27). The molecule has 1 saturated carbocycles. The fraction of sp³-hybridized carbons (Fsp3) is 0.360. The molecule has 3 rings (SSSR count). The van der Waals surface area contributed by atoms with Crippen LogP contribution in [0.5, 0.6) is 11.5 Å². The zero-order valence-corrected chi connectivity index (χ0v) is 18.1. The fourth-order valence-electron chi connectivity index (χ4n) is 3.72. The van der Waals surface area contributed by atoms with Crippen LogP contribution < -0.4 is 14.8 Å². The molecule has 2 aromatic carbocycles. The van der Waals surface area contributed by atoms with Crippen molar-refractivity contribution < 1.29 is 23.8 Å². The van der Waals surface area contributed by atoms with Crippen LogP contribution in [0.1, 0.15) is 43.7 Å². The molecule has 0 heterocycles. The summed E-state index contributed by atoms with van der Waals surface area (Å²) in [6.07, 6.45) is 6.11. The van der Waals surface area contributed by atoms with Crippen molar-refractivity contribution in [1.82, 2.24) is 5.32 Å². The Kier molecular flexibility index (Phi) is 7.70. The number of esters is 1. The normalized spacial score (nSPS) is 14.9. The lowest BCUT2D eigenvalue weighted by Crippen LogP contribution is -2.52. The summed E-state index contributed by atoms with van der Waals surface area (Å²) >= 11 is 0. The molecular formula is C25H29NO5. The lowest BCUT2D eigenvalue weighted by Gasteiger charge is -2.27. The number of carbonyl (C=O) groups excluding carboxylic acids is 2. The van der Waals surface area contributed by atoms with Gasteiger partial charge in [0.25, 0.3) is 0 Å². The molecule has 164 valence electrons. The van der Waals surface area contributed by atoms with Gasteiger partial charge in [0.2, 0.25) is 5.91 Å². The summed E-state index contributed by atoms with van der Waals surface area (Å²) in [5, 5.41) is 2.87. The smallest absolute Gasteiger partial charge is 0.331 e. The Hall–Kier alpha value is -3.28. The van der Waals surface area contributed by atoms with Gasteiger partial charge in [-0.2, -0.15) is 0 Å². The van der Waals surface area contributed by atoms with Gasteiger partial charge in [0.15, 0.2) is 11.5 Å². The van der Waals surface area contributed by atoms with E-state index >= 15 is 0 Å². The highest BCUT2D eigenvalue weighted by molar-refractivity contribution is 5.96. The summed E-state index contributed by atoms with van der Waals surface area (Å²) in [6.45, 7) is 2.50. The molecule has 0 aliphatic heterocycles. The van der Waals surface area contributed by atoms with Crippen LogP contribution in [0.25, 0.3) is 6.08 Å². The molecular weight excluding hydrogens is 394 g/mol. The number of carbonyl (C=O) groups is 2. The van der Waals surface area contributed by atoms with Crippen molar-refractivity contribution in [1.29, 1.82) is 0 Å². The molecule has 0 atom stereocenters. The van der Waals surface area contributed by atoms with Crippen LogP contribution in [-0.2, 0) is 20.9 Å². The van der Waals surface area contributed by atoms with E-state index in [-0.39, 0.29) is 11.9 Å². The predicted molar refractivity (Wildman–Crippen MR) is 119 cm³/mol. The van der Waals surface area contributed by atoms with Crippen molar-refractivity contribution in [2.45, 2.75) is 44.8 Å². The highest BCUT2D eigenvalue weighted by atomic mass is 16.5. The minimum atomic E-state index is -0.912. The number of ether oxygens (including phenoxy) is 3. The summed E-state index contributed by atoms with van der Waals surface area (Å²) in [5.74, 6) is 0.534. The van der Waals surface area contributed by atoms with Crippen LogP contribution in [0.3, 0.4) is 0 Å². The van der Waals surface area contributed by atoms with Crippen LogP contribution in [0.2, 0.25) is 0 Å². The number of rotatable bonds is 9. The minimum absolute atomic E-state index is 0.296. The Morgan fingerprint density at radius 1 is 1.06 bits per heavy atom. The molecule has 2 aromatic rings. The Labute approximate surface area is 183 Å². The zero-order valence-electron chi connectivity index (χ0n) is 18.1. The maximum Gasteiger partial charge on any atom is 0.331 e. The average Bonchev–Trinajstić information content (AvgIpc) is 3.27. The van der Waals surface area contributed by atoms with E-state index < -0.39 is 5.54 Å². The molecule has 6 nitrogen and oxygen atoms in total. The molecule has 31 heavy (non-hydrogen) atoms. The van der Waals surface area contributed by atoms with Crippen molar-refractivity contribution >= 4 is 18.0 Å². The number of nitrogens with one attached hydrogen (secondary N) is 1. The number of amides is 1. The van der Waals surface area contributed by atoms with Gasteiger partial charge in [-0.05, 0) is 49.1 Å². The third kappa shape index (κ3) is 5.87. The summed E-state index contributed by atoms with van der Waals surface area (Å²) < 4.78 is 16.5. The number of hydrogen-bond donors (Lipinski definition) is 1. The third-order valence-electron chi connectivity index (χ3n) is 5.34. The molecule has 0 saturated heterocycles. The molecule has 6 heteroatoms. The lowest BCUT2D eigenvalue weighted by molar-refractivity contribution is -0.152. The SMILES string of the molecule is CCOC(=O)C1(NC(=O)C=Cc2ccc(OCc3ccccc3)c(OC)c2)CCCC1. The van der Waals surface area contributed by atoms with Gasteiger partial charge in [0.05, 0.1) is 13.7 Å².